The predicted octanol–water partition coefficient (Wildman–Crippen LogP) is 4.26. The van der Waals surface area contributed by atoms with Gasteiger partial charge in [-0.2, -0.15) is 0 Å². The smallest absolute Gasteiger partial charge is 0.151 e. The highest BCUT2D eigenvalue weighted by molar-refractivity contribution is 6.35. The molecule has 2 atom stereocenters. The molecule has 1 heterocycles. The van der Waals surface area contributed by atoms with E-state index < -0.39 is 6.10 Å². The van der Waals surface area contributed by atoms with Crippen LogP contribution >= 0.6 is 23.2 Å². The zero-order chi connectivity index (χ0) is 14.7. The Hall–Kier alpha value is -1.42. The van der Waals surface area contributed by atoms with Gasteiger partial charge in [-0.25, -0.2) is 9.97 Å². The Morgan fingerprint density at radius 2 is 1.90 bits per heavy atom. The fourth-order valence-electron chi connectivity index (χ4n) is 1.94. The van der Waals surface area contributed by atoms with Crippen LogP contribution in [0.5, 0.6) is 0 Å². The van der Waals surface area contributed by atoms with E-state index in [0.717, 1.165) is 5.56 Å². The van der Waals surface area contributed by atoms with Gasteiger partial charge in [0.25, 0.3) is 0 Å². The molecule has 0 bridgehead atoms. The molecule has 1 aromatic carbocycles. The number of aliphatic hydroxyl groups excluding tert-OH is 1. The van der Waals surface area contributed by atoms with Crippen LogP contribution in [-0.4, -0.2) is 15.1 Å². The second-order valence-corrected chi connectivity index (χ2v) is 5.32. The first-order valence-electron chi connectivity index (χ1n) is 6.10. The van der Waals surface area contributed by atoms with E-state index in [-0.39, 0.29) is 5.92 Å². The van der Waals surface area contributed by atoms with E-state index in [4.69, 9.17) is 23.2 Å². The maximum absolute atomic E-state index is 10.4. The minimum atomic E-state index is -0.743. The third-order valence-corrected chi connectivity index (χ3v) is 3.70. The monoisotopic (exact) mass is 308 g/mol. The highest BCUT2D eigenvalue weighted by atomic mass is 35.5. The molecule has 0 radical (unpaired) electrons. The number of hydrogen-bond donors (Lipinski definition) is 1. The Kier molecular flexibility index (Phi) is 4.76. The standard InChI is InChI=1S/C15H14Cl2N2O/c1-3-14-18-7-10(8-19-14)15(20)9(2)12-5-4-11(16)6-13(12)17/h3-9,15,20H,1H2,2H3. The second kappa shape index (κ2) is 6.35. The van der Waals surface area contributed by atoms with Gasteiger partial charge >= 0.3 is 0 Å². The van der Waals surface area contributed by atoms with Crippen LogP contribution in [0.3, 0.4) is 0 Å². The molecule has 0 saturated carbocycles. The lowest BCUT2D eigenvalue weighted by Crippen LogP contribution is -2.09. The molecule has 2 unspecified atom stereocenters. The van der Waals surface area contributed by atoms with Gasteiger partial charge in [0.05, 0.1) is 6.10 Å². The van der Waals surface area contributed by atoms with Crippen LogP contribution in [0.25, 0.3) is 6.08 Å². The van der Waals surface area contributed by atoms with E-state index in [1.165, 1.54) is 0 Å². The molecule has 0 spiro atoms. The van der Waals surface area contributed by atoms with E-state index in [9.17, 15) is 5.11 Å². The maximum atomic E-state index is 10.4. The maximum Gasteiger partial charge on any atom is 0.151 e. The van der Waals surface area contributed by atoms with Crippen LogP contribution < -0.4 is 0 Å². The lowest BCUT2D eigenvalue weighted by Gasteiger charge is -2.20. The lowest BCUT2D eigenvalue weighted by molar-refractivity contribution is 0.151. The van der Waals surface area contributed by atoms with Crippen LogP contribution in [0.4, 0.5) is 0 Å². The van der Waals surface area contributed by atoms with Gasteiger partial charge in [0.2, 0.25) is 0 Å². The number of rotatable bonds is 4. The first kappa shape index (κ1) is 15.0. The predicted molar refractivity (Wildman–Crippen MR) is 82.0 cm³/mol. The average Bonchev–Trinajstić information content (AvgIpc) is 2.46. The van der Waals surface area contributed by atoms with Gasteiger partial charge in [-0.15, -0.1) is 0 Å². The molecule has 0 fully saturated rings. The Labute approximate surface area is 127 Å². The zero-order valence-electron chi connectivity index (χ0n) is 10.9. The molecular formula is C15H14Cl2N2O. The molecule has 0 aliphatic carbocycles. The molecule has 3 nitrogen and oxygen atoms in total. The SMILES string of the molecule is C=Cc1ncc(C(O)C(C)c2ccc(Cl)cc2Cl)cn1. The van der Waals surface area contributed by atoms with E-state index >= 15 is 0 Å². The van der Waals surface area contributed by atoms with Gasteiger partial charge in [0.1, 0.15) is 0 Å². The largest absolute Gasteiger partial charge is 0.388 e. The summed E-state index contributed by atoms with van der Waals surface area (Å²) in [6.45, 7) is 5.48. The summed E-state index contributed by atoms with van der Waals surface area (Å²) in [6, 6.07) is 5.24. The molecule has 2 aromatic rings. The molecule has 20 heavy (non-hydrogen) atoms. The van der Waals surface area contributed by atoms with Crippen molar-refractivity contribution in [3.8, 4) is 0 Å². The van der Waals surface area contributed by atoms with Crippen molar-refractivity contribution < 1.29 is 5.11 Å². The van der Waals surface area contributed by atoms with Crippen molar-refractivity contribution in [3.63, 3.8) is 0 Å². The fourth-order valence-corrected chi connectivity index (χ4v) is 2.52. The number of aromatic nitrogens is 2. The third kappa shape index (κ3) is 3.18. The molecule has 0 aliphatic heterocycles. The van der Waals surface area contributed by atoms with Crippen LogP contribution in [0.1, 0.15) is 35.9 Å². The summed E-state index contributed by atoms with van der Waals surface area (Å²) in [5.41, 5.74) is 1.46. The summed E-state index contributed by atoms with van der Waals surface area (Å²) in [4.78, 5) is 8.18. The topological polar surface area (TPSA) is 46.0 Å². The van der Waals surface area contributed by atoms with Crippen LogP contribution in [-0.2, 0) is 0 Å². The number of halogens is 2. The van der Waals surface area contributed by atoms with Crippen molar-refractivity contribution >= 4 is 29.3 Å². The van der Waals surface area contributed by atoms with Gasteiger partial charge < -0.3 is 5.11 Å². The summed E-state index contributed by atoms with van der Waals surface area (Å²) < 4.78 is 0. The van der Waals surface area contributed by atoms with Crippen molar-refractivity contribution in [3.05, 3.63) is 64.2 Å². The van der Waals surface area contributed by atoms with Crippen molar-refractivity contribution in [2.24, 2.45) is 0 Å². The van der Waals surface area contributed by atoms with Crippen LogP contribution in [0.15, 0.2) is 37.2 Å². The Morgan fingerprint density at radius 3 is 2.45 bits per heavy atom. The van der Waals surface area contributed by atoms with Crippen molar-refractivity contribution in [2.75, 3.05) is 0 Å². The Morgan fingerprint density at radius 1 is 1.25 bits per heavy atom. The van der Waals surface area contributed by atoms with E-state index in [1.54, 1.807) is 30.6 Å². The normalized spacial score (nSPS) is 13.8. The summed E-state index contributed by atoms with van der Waals surface area (Å²) in [6.07, 6.45) is 3.99. The van der Waals surface area contributed by atoms with E-state index in [2.05, 4.69) is 16.5 Å². The molecular weight excluding hydrogens is 295 g/mol. The minimum Gasteiger partial charge on any atom is -0.388 e. The highest BCUT2D eigenvalue weighted by Crippen LogP contribution is 2.35. The van der Waals surface area contributed by atoms with Gasteiger partial charge in [0, 0.05) is 33.9 Å². The van der Waals surface area contributed by atoms with Crippen LogP contribution in [0.2, 0.25) is 10.0 Å². The molecule has 1 aromatic heterocycles. The third-order valence-electron chi connectivity index (χ3n) is 3.14. The summed E-state index contributed by atoms with van der Waals surface area (Å²) >= 11 is 12.0. The van der Waals surface area contributed by atoms with Gasteiger partial charge in [-0.3, -0.25) is 0 Å². The van der Waals surface area contributed by atoms with E-state index in [1.807, 2.05) is 13.0 Å². The highest BCUT2D eigenvalue weighted by Gasteiger charge is 2.21. The zero-order valence-corrected chi connectivity index (χ0v) is 12.4. The van der Waals surface area contributed by atoms with Crippen molar-refractivity contribution in [1.82, 2.24) is 9.97 Å². The van der Waals surface area contributed by atoms with Crippen molar-refractivity contribution in [1.29, 1.82) is 0 Å². The minimum absolute atomic E-state index is 0.196. The number of nitrogens with zero attached hydrogens (tertiary/aromatic N) is 2. The van der Waals surface area contributed by atoms with Crippen molar-refractivity contribution in [2.45, 2.75) is 18.9 Å². The molecule has 0 saturated heterocycles. The summed E-state index contributed by atoms with van der Waals surface area (Å²) in [5, 5.41) is 11.5. The number of hydrogen-bond acceptors (Lipinski definition) is 3. The van der Waals surface area contributed by atoms with E-state index in [0.29, 0.717) is 21.4 Å². The van der Waals surface area contributed by atoms with Gasteiger partial charge in [-0.1, -0.05) is 42.8 Å². The number of benzene rings is 1. The second-order valence-electron chi connectivity index (χ2n) is 4.48. The summed E-state index contributed by atoms with van der Waals surface area (Å²) in [7, 11) is 0. The quantitative estimate of drug-likeness (QED) is 0.917. The molecule has 5 heteroatoms. The fraction of sp³-hybridized carbons (Fsp3) is 0.200. The summed E-state index contributed by atoms with van der Waals surface area (Å²) in [5.74, 6) is 0.330. The molecule has 0 amide bonds. The average molecular weight is 309 g/mol. The molecule has 1 N–H and O–H groups in total. The van der Waals surface area contributed by atoms with Crippen LogP contribution in [0, 0.1) is 0 Å². The molecule has 0 aliphatic rings. The Balaban J connectivity index is 2.26. The first-order valence-corrected chi connectivity index (χ1v) is 6.86. The van der Waals surface area contributed by atoms with Gasteiger partial charge in [0.15, 0.2) is 5.82 Å². The molecule has 2 rings (SSSR count). The number of aliphatic hydroxyl groups is 1. The Bertz CT molecular complexity index is 614. The molecule has 104 valence electrons. The lowest BCUT2D eigenvalue weighted by atomic mass is 9.92. The van der Waals surface area contributed by atoms with Gasteiger partial charge in [-0.05, 0) is 23.8 Å². The first-order chi connectivity index (χ1) is 9.52.